The molecule has 0 N–H and O–H groups in total. The summed E-state index contributed by atoms with van der Waals surface area (Å²) in [6, 6.07) is 0. The Morgan fingerprint density at radius 2 is 1.06 bits per heavy atom. The minimum atomic E-state index is 0. The topological polar surface area (TPSA) is 0 Å². The minimum absolute atomic E-state index is 0. The third kappa shape index (κ3) is 7.16. The Balaban J connectivity index is 0. The fourth-order valence-electron chi connectivity index (χ4n) is 1.66. The van der Waals surface area contributed by atoms with Gasteiger partial charge in [-0.2, -0.15) is 0 Å². The Labute approximate surface area is 118 Å². The van der Waals surface area contributed by atoms with Gasteiger partial charge < -0.3 is 12.4 Å². The average molecular weight is 275 g/mol. The van der Waals surface area contributed by atoms with Crippen molar-refractivity contribution in [1.29, 1.82) is 0 Å². The molecule has 0 saturated heterocycles. The molecule has 0 aromatic rings. The molecule has 0 aromatic carbocycles. The first kappa shape index (κ1) is 18.2. The molecule has 0 amide bonds. The first-order valence-electron chi connectivity index (χ1n) is 5.26. The maximum Gasteiger partial charge on any atom is 0 e. The molecule has 0 fully saturated rings. The molecule has 2 heteroatoms. The van der Waals surface area contributed by atoms with Gasteiger partial charge >= 0.3 is 0 Å². The summed E-state index contributed by atoms with van der Waals surface area (Å²) in [4.78, 5) is 0. The largest absolute Gasteiger partial charge is 1.00 e. The fourth-order valence-corrected chi connectivity index (χ4v) is 1.66. The van der Waals surface area contributed by atoms with Crippen LogP contribution in [0.5, 0.6) is 0 Å². The van der Waals surface area contributed by atoms with Crippen molar-refractivity contribution in [2.45, 2.75) is 40.5 Å². The SMILES string of the molecule is CC1=CCC(C)=C1.CC1=CCC(C)=C1.[Cl-].[V]. The van der Waals surface area contributed by atoms with E-state index in [0.717, 1.165) is 0 Å². The van der Waals surface area contributed by atoms with Gasteiger partial charge in [0.25, 0.3) is 0 Å². The Hall–Kier alpha value is -0.166. The molecule has 0 heterocycles. The molecular weight excluding hydrogens is 255 g/mol. The van der Waals surface area contributed by atoms with Crippen LogP contribution in [-0.4, -0.2) is 0 Å². The summed E-state index contributed by atoms with van der Waals surface area (Å²) < 4.78 is 0. The molecule has 0 aromatic heterocycles. The normalized spacial score (nSPS) is 16.8. The van der Waals surface area contributed by atoms with E-state index in [4.69, 9.17) is 0 Å². The first-order chi connectivity index (χ1) is 6.58. The zero-order chi connectivity index (χ0) is 10.6. The monoisotopic (exact) mass is 274 g/mol. The second kappa shape index (κ2) is 8.93. The predicted molar refractivity (Wildman–Crippen MR) is 64.3 cm³/mol. The van der Waals surface area contributed by atoms with E-state index < -0.39 is 0 Å². The second-order valence-electron chi connectivity index (χ2n) is 4.29. The molecule has 0 aliphatic heterocycles. The summed E-state index contributed by atoms with van der Waals surface area (Å²) in [6.45, 7) is 8.59. The van der Waals surface area contributed by atoms with Crippen LogP contribution in [0.4, 0.5) is 0 Å². The molecule has 2 aliphatic carbocycles. The Kier molecular flexibility index (Phi) is 10.2. The zero-order valence-electron chi connectivity index (χ0n) is 10.5. The first-order valence-corrected chi connectivity index (χ1v) is 5.26. The number of halogens is 1. The third-order valence-corrected chi connectivity index (χ3v) is 2.44. The Morgan fingerprint density at radius 1 is 0.750 bits per heavy atom. The van der Waals surface area contributed by atoms with Crippen LogP contribution >= 0.6 is 0 Å². The number of rotatable bonds is 0. The third-order valence-electron chi connectivity index (χ3n) is 2.44. The molecule has 2 rings (SSSR count). The van der Waals surface area contributed by atoms with Crippen molar-refractivity contribution >= 4 is 0 Å². The molecule has 0 saturated carbocycles. The van der Waals surface area contributed by atoms with Crippen molar-refractivity contribution in [1.82, 2.24) is 0 Å². The molecule has 0 bridgehead atoms. The van der Waals surface area contributed by atoms with Crippen LogP contribution in [0.15, 0.2) is 46.6 Å². The van der Waals surface area contributed by atoms with Crippen LogP contribution in [0, 0.1) is 0 Å². The van der Waals surface area contributed by atoms with Gasteiger partial charge in [0.2, 0.25) is 0 Å². The summed E-state index contributed by atoms with van der Waals surface area (Å²) in [7, 11) is 0. The van der Waals surface area contributed by atoms with Crippen LogP contribution < -0.4 is 12.4 Å². The van der Waals surface area contributed by atoms with E-state index in [1.165, 1.54) is 35.1 Å². The number of hydrogen-bond donors (Lipinski definition) is 0. The predicted octanol–water partition coefficient (Wildman–Crippen LogP) is 1.57. The van der Waals surface area contributed by atoms with Crippen molar-refractivity contribution in [2.24, 2.45) is 0 Å². The van der Waals surface area contributed by atoms with Gasteiger partial charge in [0, 0.05) is 18.6 Å². The van der Waals surface area contributed by atoms with Gasteiger partial charge in [0.1, 0.15) is 0 Å². The second-order valence-corrected chi connectivity index (χ2v) is 4.29. The molecule has 0 unspecified atom stereocenters. The van der Waals surface area contributed by atoms with Crippen molar-refractivity contribution in [3.8, 4) is 0 Å². The van der Waals surface area contributed by atoms with Gasteiger partial charge in [-0.3, -0.25) is 0 Å². The van der Waals surface area contributed by atoms with Crippen LogP contribution in [0.25, 0.3) is 0 Å². The van der Waals surface area contributed by atoms with Crippen molar-refractivity contribution in [3.05, 3.63) is 46.6 Å². The van der Waals surface area contributed by atoms with Crippen molar-refractivity contribution in [3.63, 3.8) is 0 Å². The molecule has 89 valence electrons. The molecular formula is C14H20ClV-. The van der Waals surface area contributed by atoms with Gasteiger partial charge in [-0.15, -0.1) is 0 Å². The fraction of sp³-hybridized carbons (Fsp3) is 0.429. The Bertz CT molecular complexity index is 299. The zero-order valence-corrected chi connectivity index (χ0v) is 12.7. The van der Waals surface area contributed by atoms with E-state index in [-0.39, 0.29) is 31.0 Å². The minimum Gasteiger partial charge on any atom is -1.00 e. The maximum atomic E-state index is 2.25. The average Bonchev–Trinajstić information content (AvgIpc) is 2.63. The van der Waals surface area contributed by atoms with E-state index in [2.05, 4.69) is 52.0 Å². The maximum absolute atomic E-state index is 2.25. The summed E-state index contributed by atoms with van der Waals surface area (Å²) in [6.07, 6.45) is 11.3. The van der Waals surface area contributed by atoms with E-state index >= 15 is 0 Å². The van der Waals surface area contributed by atoms with E-state index in [0.29, 0.717) is 0 Å². The van der Waals surface area contributed by atoms with E-state index in [9.17, 15) is 0 Å². The summed E-state index contributed by atoms with van der Waals surface area (Å²) in [5.41, 5.74) is 5.80. The van der Waals surface area contributed by atoms with Crippen LogP contribution in [0.3, 0.4) is 0 Å². The van der Waals surface area contributed by atoms with E-state index in [1.807, 2.05) is 0 Å². The summed E-state index contributed by atoms with van der Waals surface area (Å²) in [5.74, 6) is 0. The smallest absolute Gasteiger partial charge is 0 e. The van der Waals surface area contributed by atoms with Gasteiger partial charge in [-0.1, -0.05) is 46.6 Å². The molecule has 16 heavy (non-hydrogen) atoms. The van der Waals surface area contributed by atoms with Crippen molar-refractivity contribution < 1.29 is 31.0 Å². The molecule has 0 nitrogen and oxygen atoms in total. The number of hydrogen-bond acceptors (Lipinski definition) is 0. The quantitative estimate of drug-likeness (QED) is 0.629. The van der Waals surface area contributed by atoms with E-state index in [1.54, 1.807) is 0 Å². The van der Waals surface area contributed by atoms with Gasteiger partial charge in [0.05, 0.1) is 0 Å². The molecule has 1 radical (unpaired) electrons. The van der Waals surface area contributed by atoms with Gasteiger partial charge in [0.15, 0.2) is 0 Å². The number of allylic oxidation sites excluding steroid dienone is 8. The Morgan fingerprint density at radius 3 is 1.12 bits per heavy atom. The van der Waals surface area contributed by atoms with Crippen molar-refractivity contribution in [2.75, 3.05) is 0 Å². The van der Waals surface area contributed by atoms with Crippen LogP contribution in [0.2, 0.25) is 0 Å². The van der Waals surface area contributed by atoms with Gasteiger partial charge in [-0.25, -0.2) is 0 Å². The standard InChI is InChI=1S/2C7H10.ClH.V/c2*1-6-3-4-7(2)5-6;;/h2*3,5H,4H2,1-2H3;1H;/p-1. The molecule has 2 aliphatic rings. The van der Waals surface area contributed by atoms with Crippen LogP contribution in [-0.2, 0) is 18.6 Å². The van der Waals surface area contributed by atoms with Crippen LogP contribution in [0.1, 0.15) is 40.5 Å². The summed E-state index contributed by atoms with van der Waals surface area (Å²) >= 11 is 0. The molecule has 0 spiro atoms. The van der Waals surface area contributed by atoms with Gasteiger partial charge in [-0.05, 0) is 40.5 Å². The molecule has 0 atom stereocenters. The summed E-state index contributed by atoms with van der Waals surface area (Å²) in [5, 5.41) is 0.